The summed E-state index contributed by atoms with van der Waals surface area (Å²) in [5.74, 6) is -3.81. The second kappa shape index (κ2) is 7.00. The van der Waals surface area contributed by atoms with Crippen LogP contribution in [0.25, 0.3) is 0 Å². The van der Waals surface area contributed by atoms with E-state index in [0.717, 1.165) is 0 Å². The van der Waals surface area contributed by atoms with E-state index in [1.54, 1.807) is 32.1 Å². The summed E-state index contributed by atoms with van der Waals surface area (Å²) >= 11 is 0. The maximum atomic E-state index is 11.9. The lowest BCUT2D eigenvalue weighted by Crippen LogP contribution is -2.70. The molecule has 2 heterocycles. The Morgan fingerprint density at radius 2 is 1.77 bits per heavy atom. The molecule has 6 rings (SSSR count). The zero-order valence-electron chi connectivity index (χ0n) is 19.7. The number of aliphatic hydroxyl groups is 6. The first-order valence-electron chi connectivity index (χ1n) is 12.0. The number of aliphatic hydroxyl groups excluding tert-OH is 4. The van der Waals surface area contributed by atoms with Gasteiger partial charge in [-0.2, -0.15) is 0 Å². The molecule has 0 amide bonds. The topological polar surface area (TPSA) is 149 Å². The lowest BCUT2D eigenvalue weighted by Gasteiger charge is -2.57. The number of hydrogen-bond acceptors (Lipinski definition) is 9. The largest absolute Gasteiger partial charge is 0.393 e. The Morgan fingerprint density at radius 3 is 2.40 bits per heavy atom. The van der Waals surface area contributed by atoms with Gasteiger partial charge in [-0.05, 0) is 37.8 Å². The van der Waals surface area contributed by atoms with Crippen molar-refractivity contribution in [2.45, 2.75) is 79.5 Å². The minimum atomic E-state index is -2.58. The highest BCUT2D eigenvalue weighted by Gasteiger charge is 2.82. The van der Waals surface area contributed by atoms with Gasteiger partial charge in [-0.15, -0.1) is 0 Å². The van der Waals surface area contributed by atoms with Gasteiger partial charge in [0.05, 0.1) is 18.3 Å². The minimum absolute atomic E-state index is 0.244. The van der Waals surface area contributed by atoms with Crippen LogP contribution in [0.5, 0.6) is 0 Å². The molecule has 3 unspecified atom stereocenters. The number of ether oxygens (including phenoxy) is 3. The summed E-state index contributed by atoms with van der Waals surface area (Å²) in [5.41, 5.74) is -5.88. The third-order valence-corrected chi connectivity index (χ3v) is 9.35. The zero-order valence-corrected chi connectivity index (χ0v) is 19.7. The molecule has 1 aromatic rings. The van der Waals surface area contributed by atoms with Gasteiger partial charge in [0.15, 0.2) is 0 Å². The number of fused-ring (bicyclic) bond motifs is 2. The van der Waals surface area contributed by atoms with Crippen molar-refractivity contribution in [3.63, 3.8) is 0 Å². The molecule has 9 nitrogen and oxygen atoms in total. The van der Waals surface area contributed by atoms with Crippen LogP contribution in [0.4, 0.5) is 0 Å². The van der Waals surface area contributed by atoms with Crippen LogP contribution in [0.2, 0.25) is 0 Å². The molecule has 3 bridgehead atoms. The van der Waals surface area contributed by atoms with Crippen LogP contribution in [-0.2, 0) is 20.2 Å². The van der Waals surface area contributed by atoms with Gasteiger partial charge in [0.2, 0.25) is 0 Å². The van der Waals surface area contributed by atoms with Crippen molar-refractivity contribution < 1.29 is 44.8 Å². The molecule has 4 fully saturated rings. The van der Waals surface area contributed by atoms with Gasteiger partial charge in [-0.3, -0.25) is 0 Å². The van der Waals surface area contributed by atoms with E-state index in [9.17, 15) is 30.6 Å². The highest BCUT2D eigenvalue weighted by Crippen LogP contribution is 2.69. The van der Waals surface area contributed by atoms with Crippen LogP contribution in [0.15, 0.2) is 54.1 Å². The van der Waals surface area contributed by atoms with E-state index in [4.69, 9.17) is 14.2 Å². The molecule has 5 aliphatic rings. The van der Waals surface area contributed by atoms with Gasteiger partial charge in [0, 0.05) is 17.4 Å². The smallest absolute Gasteiger partial charge is 0.313 e. The fourth-order valence-electron chi connectivity index (χ4n) is 7.52. The first-order chi connectivity index (χ1) is 16.4. The summed E-state index contributed by atoms with van der Waals surface area (Å²) in [6.07, 6.45) is -4.10. The van der Waals surface area contributed by atoms with Gasteiger partial charge in [-0.1, -0.05) is 43.0 Å². The fraction of sp³-hybridized carbons (Fsp3) is 0.615. The van der Waals surface area contributed by atoms with Crippen LogP contribution < -0.4 is 0 Å². The molecule has 0 aromatic heterocycles. The predicted octanol–water partition coefficient (Wildman–Crippen LogP) is -0.167. The van der Waals surface area contributed by atoms with Gasteiger partial charge >= 0.3 is 5.97 Å². The second-order valence-corrected chi connectivity index (χ2v) is 11.0. The van der Waals surface area contributed by atoms with Gasteiger partial charge in [-0.25, -0.2) is 0 Å². The maximum absolute atomic E-state index is 11.9. The van der Waals surface area contributed by atoms with Gasteiger partial charge < -0.3 is 44.8 Å². The summed E-state index contributed by atoms with van der Waals surface area (Å²) in [6, 6.07) is 9.03. The first-order valence-corrected chi connectivity index (χ1v) is 12.0. The van der Waals surface area contributed by atoms with E-state index in [-0.39, 0.29) is 6.42 Å². The first kappa shape index (κ1) is 23.7. The van der Waals surface area contributed by atoms with Crippen molar-refractivity contribution >= 4 is 0 Å². The Labute approximate surface area is 202 Å². The maximum Gasteiger partial charge on any atom is 0.313 e. The molecule has 3 aliphatic carbocycles. The highest BCUT2D eigenvalue weighted by molar-refractivity contribution is 5.40. The molecule has 9 heteroatoms. The average Bonchev–Trinajstić information content (AvgIpc) is 3.19. The summed E-state index contributed by atoms with van der Waals surface area (Å²) < 4.78 is 19.8. The number of hydrogen-bond donors (Lipinski definition) is 6. The molecule has 11 atom stereocenters. The van der Waals surface area contributed by atoms with Crippen molar-refractivity contribution in [2.24, 2.45) is 11.8 Å². The lowest BCUT2D eigenvalue weighted by molar-refractivity contribution is -0.437. The monoisotopic (exact) mass is 488 g/mol. The van der Waals surface area contributed by atoms with E-state index in [2.05, 4.69) is 6.58 Å². The summed E-state index contributed by atoms with van der Waals surface area (Å²) in [7, 11) is 0. The Hall–Kier alpha value is -1.66. The highest BCUT2D eigenvalue weighted by atomic mass is 16.9. The van der Waals surface area contributed by atoms with E-state index >= 15 is 0 Å². The molecule has 1 aromatic carbocycles. The van der Waals surface area contributed by atoms with E-state index in [1.165, 1.54) is 0 Å². The predicted molar refractivity (Wildman–Crippen MR) is 120 cm³/mol. The molecule has 2 aliphatic heterocycles. The van der Waals surface area contributed by atoms with Crippen LogP contribution in [-0.4, -0.2) is 84.1 Å². The molecule has 35 heavy (non-hydrogen) atoms. The molecule has 190 valence electrons. The number of rotatable bonds is 3. The zero-order chi connectivity index (χ0) is 25.2. The summed E-state index contributed by atoms with van der Waals surface area (Å²) in [4.78, 5) is 0. The second-order valence-electron chi connectivity index (χ2n) is 11.0. The quantitative estimate of drug-likeness (QED) is 0.319. The fourth-order valence-corrected chi connectivity index (χ4v) is 7.52. The molecule has 0 radical (unpaired) electrons. The normalized spacial score (nSPS) is 54.1. The Morgan fingerprint density at radius 1 is 1.09 bits per heavy atom. The Kier molecular flexibility index (Phi) is 4.75. The third kappa shape index (κ3) is 2.49. The van der Waals surface area contributed by atoms with Crippen molar-refractivity contribution in [3.8, 4) is 0 Å². The lowest BCUT2D eigenvalue weighted by atomic mass is 9.57. The summed E-state index contributed by atoms with van der Waals surface area (Å²) in [6.45, 7) is 6.49. The molecular weight excluding hydrogens is 456 g/mol. The van der Waals surface area contributed by atoms with E-state index in [1.807, 2.05) is 18.2 Å². The van der Waals surface area contributed by atoms with Crippen molar-refractivity contribution in [1.82, 2.24) is 0 Å². The molecule has 2 saturated heterocycles. The van der Waals surface area contributed by atoms with Gasteiger partial charge in [0.1, 0.15) is 35.1 Å². The van der Waals surface area contributed by atoms with Crippen LogP contribution in [0.1, 0.15) is 32.3 Å². The minimum Gasteiger partial charge on any atom is -0.393 e. The third-order valence-electron chi connectivity index (χ3n) is 9.35. The molecular formula is C26H32O9. The van der Waals surface area contributed by atoms with Crippen LogP contribution >= 0.6 is 0 Å². The Balaban J connectivity index is 1.65. The van der Waals surface area contributed by atoms with E-state index in [0.29, 0.717) is 23.1 Å². The number of benzene rings is 1. The SMILES string of the molecule is C=C(C)[C@]12CCC34O[C@](c5ccccc5)(O[C@@H]1C3[C@H](O)[C@@](O)(CO)[C@@H](O)[C@@]1(O)C4C=C(C)[C@@H]1O)O2. The molecule has 2 saturated carbocycles. The van der Waals surface area contributed by atoms with Gasteiger partial charge in [0.25, 0.3) is 0 Å². The van der Waals surface area contributed by atoms with Crippen molar-refractivity contribution in [1.29, 1.82) is 0 Å². The molecule has 6 N–H and O–H groups in total. The molecule has 0 spiro atoms. The average molecular weight is 489 g/mol. The van der Waals surface area contributed by atoms with Crippen LogP contribution in [0.3, 0.4) is 0 Å². The van der Waals surface area contributed by atoms with Crippen molar-refractivity contribution in [2.75, 3.05) is 6.61 Å². The van der Waals surface area contributed by atoms with Crippen LogP contribution in [0, 0.1) is 11.8 Å². The standard InChI is InChI=1S/C26H32O9/c1-13(2)23-9-10-24-16-11-14(3)18(28)25(16,32)21(30)22(31,12-27)19(29)17(24)20(23)33-26(34-23,35-24)15-7-5-4-6-8-15/h4-8,11,16-21,27-32H,1,9-10,12H2,2-3H3/t16?,17?,18-,19-,20+,21+,22-,23+,24?,25+,26+/m0/s1. The summed E-state index contributed by atoms with van der Waals surface area (Å²) in [5, 5.41) is 67.7. The van der Waals surface area contributed by atoms with Crippen molar-refractivity contribution in [3.05, 3.63) is 59.7 Å². The van der Waals surface area contributed by atoms with E-state index < -0.39 is 71.2 Å². The Bertz CT molecular complexity index is 1110.